The molecule has 0 saturated carbocycles. The maximum absolute atomic E-state index is 12.0. The number of nitrogens with zero attached hydrogens (tertiary/aromatic N) is 3. The van der Waals surface area contributed by atoms with E-state index in [0.717, 1.165) is 28.3 Å². The van der Waals surface area contributed by atoms with Gasteiger partial charge in [0.1, 0.15) is 0 Å². The van der Waals surface area contributed by atoms with Crippen LogP contribution in [0.1, 0.15) is 12.5 Å². The van der Waals surface area contributed by atoms with E-state index in [1.54, 1.807) is 6.07 Å². The lowest BCUT2D eigenvalue weighted by molar-refractivity contribution is -0.118. The van der Waals surface area contributed by atoms with Crippen LogP contribution in [0.3, 0.4) is 0 Å². The van der Waals surface area contributed by atoms with Crippen LogP contribution in [-0.2, 0) is 11.3 Å². The summed E-state index contributed by atoms with van der Waals surface area (Å²) in [4.78, 5) is 16.6. The van der Waals surface area contributed by atoms with Crippen molar-refractivity contribution in [3.63, 3.8) is 0 Å². The first-order chi connectivity index (χ1) is 12.2. The fourth-order valence-electron chi connectivity index (χ4n) is 2.39. The highest BCUT2D eigenvalue weighted by molar-refractivity contribution is 7.99. The number of hydrogen-bond donors (Lipinski definition) is 1. The number of nitrogens with one attached hydrogen (secondary N) is 1. The van der Waals surface area contributed by atoms with Crippen molar-refractivity contribution in [2.24, 2.45) is 5.10 Å². The minimum absolute atomic E-state index is 0.192. The van der Waals surface area contributed by atoms with Crippen LogP contribution in [0.15, 0.2) is 58.8 Å². The summed E-state index contributed by atoms with van der Waals surface area (Å²) in [6.07, 6.45) is 1.53. The third-order valence-electron chi connectivity index (χ3n) is 3.57. The Hall–Kier alpha value is -2.31. The van der Waals surface area contributed by atoms with Crippen molar-refractivity contribution in [2.75, 3.05) is 5.75 Å². The number of halogens is 1. The van der Waals surface area contributed by atoms with Crippen LogP contribution in [0.4, 0.5) is 0 Å². The van der Waals surface area contributed by atoms with Gasteiger partial charge in [-0.25, -0.2) is 10.4 Å². The lowest BCUT2D eigenvalue weighted by Crippen LogP contribution is -2.20. The van der Waals surface area contributed by atoms with Gasteiger partial charge in [-0.15, -0.1) is 0 Å². The summed E-state index contributed by atoms with van der Waals surface area (Å²) in [5.74, 6) is 0.0476. The summed E-state index contributed by atoms with van der Waals surface area (Å²) < 4.78 is 2.10. The summed E-state index contributed by atoms with van der Waals surface area (Å²) in [5, 5.41) is 5.37. The Bertz CT molecular complexity index is 922. The topological polar surface area (TPSA) is 59.3 Å². The molecule has 3 rings (SSSR count). The number of hydrazone groups is 1. The number of carbonyl (C=O) groups is 1. The SMILES string of the molecule is CCn1c(SCC(=O)N/N=C/c2ccccc2Cl)nc2ccccc21. The fourth-order valence-corrected chi connectivity index (χ4v) is 3.44. The molecule has 2 aromatic carbocycles. The minimum Gasteiger partial charge on any atom is -0.319 e. The largest absolute Gasteiger partial charge is 0.319 e. The van der Waals surface area contributed by atoms with Gasteiger partial charge in [0, 0.05) is 17.1 Å². The van der Waals surface area contributed by atoms with Crippen LogP contribution < -0.4 is 5.43 Å². The number of hydrogen-bond acceptors (Lipinski definition) is 4. The Morgan fingerprint density at radius 2 is 2.04 bits per heavy atom. The molecular weight excluding hydrogens is 356 g/mol. The molecule has 7 heteroatoms. The Balaban J connectivity index is 1.60. The Labute approximate surface area is 155 Å². The van der Waals surface area contributed by atoms with Crippen molar-refractivity contribution in [1.82, 2.24) is 15.0 Å². The molecule has 0 unspecified atom stereocenters. The second-order valence-electron chi connectivity index (χ2n) is 5.23. The molecule has 0 saturated heterocycles. The first kappa shape index (κ1) is 17.5. The van der Waals surface area contributed by atoms with Gasteiger partial charge in [-0.3, -0.25) is 4.79 Å². The number of para-hydroxylation sites is 2. The molecule has 0 bridgehead atoms. The van der Waals surface area contributed by atoms with Crippen LogP contribution in [0.5, 0.6) is 0 Å². The van der Waals surface area contributed by atoms with Crippen molar-refractivity contribution in [3.05, 3.63) is 59.1 Å². The highest BCUT2D eigenvalue weighted by atomic mass is 35.5. The third-order valence-corrected chi connectivity index (χ3v) is 4.89. The van der Waals surface area contributed by atoms with Crippen molar-refractivity contribution in [1.29, 1.82) is 0 Å². The molecule has 1 N–H and O–H groups in total. The number of aryl methyl sites for hydroxylation is 1. The van der Waals surface area contributed by atoms with Crippen molar-refractivity contribution >= 4 is 46.5 Å². The number of aromatic nitrogens is 2. The first-order valence-corrected chi connectivity index (χ1v) is 9.20. The van der Waals surface area contributed by atoms with Gasteiger partial charge in [-0.2, -0.15) is 5.10 Å². The molecule has 25 heavy (non-hydrogen) atoms. The molecule has 1 amide bonds. The number of thioether (sulfide) groups is 1. The highest BCUT2D eigenvalue weighted by Crippen LogP contribution is 2.23. The van der Waals surface area contributed by atoms with Gasteiger partial charge in [0.2, 0.25) is 0 Å². The van der Waals surface area contributed by atoms with E-state index in [1.807, 2.05) is 42.5 Å². The van der Waals surface area contributed by atoms with Crippen LogP contribution in [-0.4, -0.2) is 27.4 Å². The van der Waals surface area contributed by atoms with Crippen LogP contribution >= 0.6 is 23.4 Å². The minimum atomic E-state index is -0.192. The average Bonchev–Trinajstić information content (AvgIpc) is 2.99. The van der Waals surface area contributed by atoms with E-state index in [-0.39, 0.29) is 11.7 Å². The zero-order valence-electron chi connectivity index (χ0n) is 13.6. The summed E-state index contributed by atoms with van der Waals surface area (Å²) in [6.45, 7) is 2.86. The maximum atomic E-state index is 12.0. The number of carbonyl (C=O) groups excluding carboxylic acids is 1. The van der Waals surface area contributed by atoms with Gasteiger partial charge < -0.3 is 4.57 Å². The predicted molar refractivity (Wildman–Crippen MR) is 103 cm³/mol. The second-order valence-corrected chi connectivity index (χ2v) is 6.58. The molecule has 1 heterocycles. The van der Waals surface area contributed by atoms with E-state index in [9.17, 15) is 4.79 Å². The third kappa shape index (κ3) is 4.21. The molecule has 0 radical (unpaired) electrons. The van der Waals surface area contributed by atoms with E-state index in [2.05, 4.69) is 27.0 Å². The number of rotatable bonds is 6. The van der Waals surface area contributed by atoms with Crippen LogP contribution in [0.25, 0.3) is 11.0 Å². The van der Waals surface area contributed by atoms with Crippen molar-refractivity contribution < 1.29 is 4.79 Å². The van der Waals surface area contributed by atoms with Gasteiger partial charge >= 0.3 is 0 Å². The van der Waals surface area contributed by atoms with Crippen LogP contribution in [0, 0.1) is 0 Å². The molecule has 3 aromatic rings. The quantitative estimate of drug-likeness (QED) is 0.405. The van der Waals surface area contributed by atoms with Crippen molar-refractivity contribution in [3.8, 4) is 0 Å². The van der Waals surface area contributed by atoms with E-state index in [0.29, 0.717) is 5.02 Å². The number of benzene rings is 2. The molecule has 128 valence electrons. The summed E-state index contributed by atoms with van der Waals surface area (Å²) in [7, 11) is 0. The lowest BCUT2D eigenvalue weighted by atomic mass is 10.2. The predicted octanol–water partition coefficient (Wildman–Crippen LogP) is 3.95. The Morgan fingerprint density at radius 3 is 2.84 bits per heavy atom. The average molecular weight is 373 g/mol. The van der Waals surface area contributed by atoms with Crippen molar-refractivity contribution in [2.45, 2.75) is 18.6 Å². The van der Waals surface area contributed by atoms with E-state index >= 15 is 0 Å². The van der Waals surface area contributed by atoms with Gasteiger partial charge in [-0.05, 0) is 25.1 Å². The standard InChI is InChI=1S/C18H17ClN4OS/c1-2-23-16-10-6-5-9-15(16)21-18(23)25-12-17(24)22-20-11-13-7-3-4-8-14(13)19/h3-11H,2,12H2,1H3,(H,22,24)/b20-11+. The summed E-state index contributed by atoms with van der Waals surface area (Å²) in [6, 6.07) is 15.3. The molecule has 0 aliphatic carbocycles. The highest BCUT2D eigenvalue weighted by Gasteiger charge is 2.11. The lowest BCUT2D eigenvalue weighted by Gasteiger charge is -2.05. The number of amides is 1. The molecule has 0 aliphatic rings. The molecule has 0 spiro atoms. The van der Waals surface area contributed by atoms with Gasteiger partial charge in [-0.1, -0.05) is 53.7 Å². The van der Waals surface area contributed by atoms with Gasteiger partial charge in [0.05, 0.1) is 23.0 Å². The zero-order valence-corrected chi connectivity index (χ0v) is 15.2. The monoisotopic (exact) mass is 372 g/mol. The molecule has 1 aromatic heterocycles. The molecule has 0 aliphatic heterocycles. The normalized spacial score (nSPS) is 11.3. The molecule has 0 fully saturated rings. The number of imidazole rings is 1. The molecular formula is C18H17ClN4OS. The second kappa shape index (κ2) is 8.18. The van der Waals surface area contributed by atoms with Crippen LogP contribution in [0.2, 0.25) is 5.02 Å². The number of fused-ring (bicyclic) bond motifs is 1. The smallest absolute Gasteiger partial charge is 0.250 e. The zero-order chi connectivity index (χ0) is 17.6. The summed E-state index contributed by atoms with van der Waals surface area (Å²) >= 11 is 7.43. The van der Waals surface area contributed by atoms with E-state index in [1.165, 1.54) is 18.0 Å². The fraction of sp³-hybridized carbons (Fsp3) is 0.167. The van der Waals surface area contributed by atoms with E-state index in [4.69, 9.17) is 11.6 Å². The molecule has 0 atom stereocenters. The Morgan fingerprint density at radius 1 is 1.28 bits per heavy atom. The Kier molecular flexibility index (Phi) is 5.73. The first-order valence-electron chi connectivity index (χ1n) is 7.83. The maximum Gasteiger partial charge on any atom is 0.250 e. The summed E-state index contributed by atoms with van der Waals surface area (Å²) in [5.41, 5.74) is 5.28. The molecule has 5 nitrogen and oxygen atoms in total. The van der Waals surface area contributed by atoms with Gasteiger partial charge in [0.15, 0.2) is 5.16 Å². The van der Waals surface area contributed by atoms with E-state index < -0.39 is 0 Å². The van der Waals surface area contributed by atoms with Gasteiger partial charge in [0.25, 0.3) is 5.91 Å².